The van der Waals surface area contributed by atoms with E-state index in [1.54, 1.807) is 0 Å². The van der Waals surface area contributed by atoms with E-state index < -0.39 is 0 Å². The smallest absolute Gasteiger partial charge is 0.253 e. The highest BCUT2D eigenvalue weighted by atomic mass is 15.4. The third kappa shape index (κ3) is 4.19. The van der Waals surface area contributed by atoms with E-state index in [9.17, 15) is 0 Å². The number of hydrogen-bond donors (Lipinski definition) is 1. The number of aryl methyl sites for hydroxylation is 1. The highest BCUT2D eigenvalue weighted by molar-refractivity contribution is 5.76. The first kappa shape index (κ1) is 18.9. The summed E-state index contributed by atoms with van der Waals surface area (Å²) in [7, 11) is 0. The molecule has 0 aliphatic carbocycles. The predicted molar refractivity (Wildman–Crippen MR) is 120 cm³/mol. The number of rotatable bonds is 4. The molecule has 2 aromatic heterocycles. The lowest BCUT2D eigenvalue weighted by atomic mass is 10.1. The molecular weight excluding hydrogens is 358 g/mol. The van der Waals surface area contributed by atoms with Crippen LogP contribution in [0.3, 0.4) is 0 Å². The van der Waals surface area contributed by atoms with Gasteiger partial charge < -0.3 is 5.32 Å². The molecule has 0 saturated heterocycles. The van der Waals surface area contributed by atoms with Crippen LogP contribution in [0.1, 0.15) is 37.7 Å². The van der Waals surface area contributed by atoms with E-state index >= 15 is 0 Å². The lowest BCUT2D eigenvalue weighted by molar-refractivity contribution is 0.625. The molecule has 2 aromatic carbocycles. The molecule has 0 unspecified atom stereocenters. The SMILES string of the molecule is Cc1nn2c(NC(C)(C)C)c(-c3ccccc3)nc2nc1/C=C/c1ccccc1. The number of nitrogens with zero attached hydrogens (tertiary/aromatic N) is 4. The fourth-order valence-electron chi connectivity index (χ4n) is 3.12. The van der Waals surface area contributed by atoms with Gasteiger partial charge in [0.25, 0.3) is 5.78 Å². The Bertz CT molecular complexity index is 1150. The summed E-state index contributed by atoms with van der Waals surface area (Å²) in [6.45, 7) is 8.34. The molecular formula is C24H25N5. The van der Waals surface area contributed by atoms with Gasteiger partial charge in [0.15, 0.2) is 5.82 Å². The van der Waals surface area contributed by atoms with E-state index in [1.165, 1.54) is 0 Å². The summed E-state index contributed by atoms with van der Waals surface area (Å²) in [5.74, 6) is 1.43. The van der Waals surface area contributed by atoms with Crippen LogP contribution in [0.5, 0.6) is 0 Å². The van der Waals surface area contributed by atoms with E-state index in [4.69, 9.17) is 15.1 Å². The van der Waals surface area contributed by atoms with Gasteiger partial charge in [0.2, 0.25) is 0 Å². The van der Waals surface area contributed by atoms with Crippen LogP contribution in [-0.2, 0) is 0 Å². The maximum absolute atomic E-state index is 4.82. The van der Waals surface area contributed by atoms with Crippen LogP contribution in [0.15, 0.2) is 60.7 Å². The highest BCUT2D eigenvalue weighted by Crippen LogP contribution is 2.30. The van der Waals surface area contributed by atoms with Gasteiger partial charge in [-0.2, -0.15) is 9.61 Å². The van der Waals surface area contributed by atoms with E-state index in [0.717, 1.165) is 34.0 Å². The molecule has 146 valence electrons. The number of hydrogen-bond acceptors (Lipinski definition) is 4. The van der Waals surface area contributed by atoms with Crippen LogP contribution in [0, 0.1) is 6.92 Å². The Hall–Kier alpha value is -3.47. The summed E-state index contributed by atoms with van der Waals surface area (Å²) in [6, 6.07) is 20.3. The zero-order chi connectivity index (χ0) is 20.4. The summed E-state index contributed by atoms with van der Waals surface area (Å²) in [5.41, 5.74) is 4.53. The molecule has 0 radical (unpaired) electrons. The molecule has 0 aliphatic rings. The third-order valence-electron chi connectivity index (χ3n) is 4.45. The number of nitrogens with one attached hydrogen (secondary N) is 1. The second-order valence-electron chi connectivity index (χ2n) is 8.09. The summed E-state index contributed by atoms with van der Waals surface area (Å²) in [5, 5.41) is 8.35. The molecule has 1 N–H and O–H groups in total. The number of fused-ring (bicyclic) bond motifs is 1. The molecule has 0 aliphatic heterocycles. The van der Waals surface area contributed by atoms with Crippen molar-refractivity contribution in [3.8, 4) is 11.3 Å². The first-order chi connectivity index (χ1) is 13.9. The first-order valence-corrected chi connectivity index (χ1v) is 9.75. The van der Waals surface area contributed by atoms with Crippen molar-refractivity contribution in [1.29, 1.82) is 0 Å². The van der Waals surface area contributed by atoms with Gasteiger partial charge in [-0.15, -0.1) is 0 Å². The molecule has 4 aromatic rings. The van der Waals surface area contributed by atoms with E-state index in [2.05, 4.69) is 50.4 Å². The van der Waals surface area contributed by atoms with Gasteiger partial charge in [0, 0.05) is 11.1 Å². The second kappa shape index (κ2) is 7.51. The van der Waals surface area contributed by atoms with Gasteiger partial charge in [0.1, 0.15) is 5.69 Å². The first-order valence-electron chi connectivity index (χ1n) is 9.75. The molecule has 5 nitrogen and oxygen atoms in total. The molecule has 0 saturated carbocycles. The normalized spacial score (nSPS) is 12.0. The maximum atomic E-state index is 4.82. The third-order valence-corrected chi connectivity index (χ3v) is 4.45. The Labute approximate surface area is 171 Å². The number of benzene rings is 2. The van der Waals surface area contributed by atoms with E-state index in [1.807, 2.05) is 60.0 Å². The lowest BCUT2D eigenvalue weighted by Crippen LogP contribution is -2.27. The molecule has 0 fully saturated rings. The predicted octanol–water partition coefficient (Wildman–Crippen LogP) is 5.48. The van der Waals surface area contributed by atoms with Gasteiger partial charge >= 0.3 is 0 Å². The summed E-state index contributed by atoms with van der Waals surface area (Å²) in [6.07, 6.45) is 4.04. The molecule has 5 heteroatoms. The fraction of sp³-hybridized carbons (Fsp3) is 0.208. The van der Waals surface area contributed by atoms with E-state index in [-0.39, 0.29) is 5.54 Å². The molecule has 0 atom stereocenters. The Morgan fingerprint density at radius 3 is 2.17 bits per heavy atom. The van der Waals surface area contributed by atoms with Crippen molar-refractivity contribution >= 4 is 23.7 Å². The minimum absolute atomic E-state index is 0.138. The monoisotopic (exact) mass is 383 g/mol. The van der Waals surface area contributed by atoms with Crippen molar-refractivity contribution in [2.75, 3.05) is 5.32 Å². The summed E-state index contributed by atoms with van der Waals surface area (Å²) < 4.78 is 1.81. The Balaban J connectivity index is 1.84. The van der Waals surface area contributed by atoms with Crippen LogP contribution in [0.25, 0.3) is 29.2 Å². The maximum Gasteiger partial charge on any atom is 0.253 e. The number of imidazole rings is 1. The van der Waals surface area contributed by atoms with Crippen LogP contribution < -0.4 is 5.32 Å². The number of aromatic nitrogens is 4. The van der Waals surface area contributed by atoms with Crippen molar-refractivity contribution in [3.63, 3.8) is 0 Å². The van der Waals surface area contributed by atoms with Gasteiger partial charge in [-0.3, -0.25) is 0 Å². The summed E-state index contributed by atoms with van der Waals surface area (Å²) in [4.78, 5) is 9.61. The minimum Gasteiger partial charge on any atom is -0.363 e. The Morgan fingerprint density at radius 2 is 1.52 bits per heavy atom. The average Bonchev–Trinajstić information content (AvgIpc) is 3.03. The zero-order valence-corrected chi connectivity index (χ0v) is 17.2. The standard InChI is InChI=1S/C24H25N5/c1-17-20(16-15-18-11-7-5-8-12-18)25-23-26-21(19-13-9-6-10-14-19)22(29(23)28-17)27-24(2,3)4/h5-16,27H,1-4H3/b16-15+. The van der Waals surface area contributed by atoms with Gasteiger partial charge in [-0.05, 0) is 39.3 Å². The lowest BCUT2D eigenvalue weighted by Gasteiger charge is -2.22. The highest BCUT2D eigenvalue weighted by Gasteiger charge is 2.21. The average molecular weight is 383 g/mol. The molecule has 2 heterocycles. The molecule has 0 spiro atoms. The van der Waals surface area contributed by atoms with Gasteiger partial charge in [0.05, 0.1) is 11.4 Å². The van der Waals surface area contributed by atoms with Crippen LogP contribution in [0.4, 0.5) is 5.82 Å². The van der Waals surface area contributed by atoms with Crippen LogP contribution in [0.2, 0.25) is 0 Å². The van der Waals surface area contributed by atoms with Crippen molar-refractivity contribution < 1.29 is 0 Å². The van der Waals surface area contributed by atoms with Gasteiger partial charge in [-0.1, -0.05) is 66.7 Å². The van der Waals surface area contributed by atoms with Crippen molar-refractivity contribution in [3.05, 3.63) is 77.6 Å². The molecule has 0 amide bonds. The summed E-state index contributed by atoms with van der Waals surface area (Å²) >= 11 is 0. The zero-order valence-electron chi connectivity index (χ0n) is 17.2. The Kier molecular flexibility index (Phi) is 4.89. The number of anilines is 1. The second-order valence-corrected chi connectivity index (χ2v) is 8.09. The van der Waals surface area contributed by atoms with Crippen molar-refractivity contribution in [2.45, 2.75) is 33.2 Å². The van der Waals surface area contributed by atoms with Crippen LogP contribution >= 0.6 is 0 Å². The van der Waals surface area contributed by atoms with Crippen molar-refractivity contribution in [1.82, 2.24) is 19.6 Å². The van der Waals surface area contributed by atoms with Crippen LogP contribution in [-0.4, -0.2) is 25.1 Å². The van der Waals surface area contributed by atoms with Crippen molar-refractivity contribution in [2.24, 2.45) is 0 Å². The topological polar surface area (TPSA) is 55.1 Å². The molecule has 4 rings (SSSR count). The van der Waals surface area contributed by atoms with E-state index in [0.29, 0.717) is 5.78 Å². The fourth-order valence-corrected chi connectivity index (χ4v) is 3.12. The molecule has 29 heavy (non-hydrogen) atoms. The molecule has 0 bridgehead atoms. The largest absolute Gasteiger partial charge is 0.363 e. The quantitative estimate of drug-likeness (QED) is 0.507. The van der Waals surface area contributed by atoms with Gasteiger partial charge in [-0.25, -0.2) is 9.97 Å². The minimum atomic E-state index is -0.138. The Morgan fingerprint density at radius 1 is 0.862 bits per heavy atom.